The lowest BCUT2D eigenvalue weighted by molar-refractivity contribution is -0.120. The highest BCUT2D eigenvalue weighted by molar-refractivity contribution is 7.91. The van der Waals surface area contributed by atoms with E-state index in [-0.39, 0.29) is 39.4 Å². The number of hydrogen-bond donors (Lipinski definition) is 3. The molecule has 2 aromatic carbocycles. The molecule has 1 aromatic heterocycles. The number of sulfone groups is 1. The van der Waals surface area contributed by atoms with Crippen molar-refractivity contribution in [3.05, 3.63) is 58.2 Å². The summed E-state index contributed by atoms with van der Waals surface area (Å²) >= 11 is 6.22. The summed E-state index contributed by atoms with van der Waals surface area (Å²) in [7, 11) is -4.02. The van der Waals surface area contributed by atoms with Crippen LogP contribution in [0.15, 0.2) is 46.2 Å². The number of hydrogen-bond acceptors (Lipinski definition) is 5. The molecule has 2 aliphatic rings. The number of likely N-dealkylation sites (tertiary alicyclic amines) is 1. The van der Waals surface area contributed by atoms with Crippen LogP contribution in [0.2, 0.25) is 5.02 Å². The van der Waals surface area contributed by atoms with Gasteiger partial charge in [-0.15, -0.1) is 0 Å². The first-order valence-corrected chi connectivity index (χ1v) is 14.3. The number of nitrogens with one attached hydrogen (secondary N) is 2. The maximum Gasteiger partial charge on any atom is 0.269 e. The second-order valence-corrected chi connectivity index (χ2v) is 13.0. The molecule has 2 fully saturated rings. The molecule has 196 valence electrons. The molecule has 1 aliphatic carbocycles. The van der Waals surface area contributed by atoms with Crippen LogP contribution in [0.3, 0.4) is 0 Å². The zero-order valence-electron chi connectivity index (χ0n) is 20.9. The van der Waals surface area contributed by atoms with Gasteiger partial charge in [0.2, 0.25) is 15.7 Å². The number of aromatic nitrogens is 1. The third-order valence-electron chi connectivity index (χ3n) is 7.70. The second-order valence-electron chi connectivity index (χ2n) is 10.7. The average molecular weight is 543 g/mol. The summed E-state index contributed by atoms with van der Waals surface area (Å²) in [5.41, 5.74) is 7.67. The number of carbonyl (C=O) groups excluding carboxylic acids is 2. The highest BCUT2D eigenvalue weighted by Gasteiger charge is 2.46. The molecule has 8 nitrogen and oxygen atoms in total. The van der Waals surface area contributed by atoms with Crippen molar-refractivity contribution in [2.75, 3.05) is 19.6 Å². The van der Waals surface area contributed by atoms with E-state index >= 15 is 0 Å². The molecule has 4 N–H and O–H groups in total. The van der Waals surface area contributed by atoms with Crippen molar-refractivity contribution in [1.29, 1.82) is 0 Å². The van der Waals surface area contributed by atoms with Gasteiger partial charge in [-0.05, 0) is 99.5 Å². The summed E-state index contributed by atoms with van der Waals surface area (Å²) in [6, 6.07) is 10.0. The fourth-order valence-corrected chi connectivity index (χ4v) is 7.90. The number of primary amides is 1. The van der Waals surface area contributed by atoms with Gasteiger partial charge in [0.25, 0.3) is 5.91 Å². The first kappa shape index (κ1) is 25.8. The minimum absolute atomic E-state index is 0.0219. The molecule has 5 rings (SSSR count). The van der Waals surface area contributed by atoms with E-state index in [9.17, 15) is 18.0 Å². The van der Waals surface area contributed by atoms with E-state index in [1.807, 2.05) is 19.9 Å². The molecule has 1 saturated carbocycles. The van der Waals surface area contributed by atoms with E-state index in [1.165, 1.54) is 0 Å². The minimum Gasteiger partial charge on any atom is -0.369 e. The van der Waals surface area contributed by atoms with Gasteiger partial charge >= 0.3 is 0 Å². The normalized spacial score (nSPS) is 18.1. The maximum atomic E-state index is 13.9. The minimum atomic E-state index is -4.02. The van der Waals surface area contributed by atoms with Crippen molar-refractivity contribution >= 4 is 44.2 Å². The molecule has 3 aromatic rings. The molecule has 0 unspecified atom stereocenters. The Bertz CT molecular complexity index is 1480. The fraction of sp³-hybridized carbons (Fsp3) is 0.407. The molecule has 0 radical (unpaired) electrons. The molecule has 10 heteroatoms. The van der Waals surface area contributed by atoms with Gasteiger partial charge in [0, 0.05) is 22.0 Å². The predicted molar refractivity (Wildman–Crippen MR) is 142 cm³/mol. The molecule has 37 heavy (non-hydrogen) atoms. The number of rotatable bonds is 6. The Morgan fingerprint density at radius 2 is 1.76 bits per heavy atom. The van der Waals surface area contributed by atoms with Crippen LogP contribution in [0.1, 0.15) is 47.3 Å². The van der Waals surface area contributed by atoms with Gasteiger partial charge in [-0.25, -0.2) is 8.42 Å². The summed E-state index contributed by atoms with van der Waals surface area (Å²) in [5, 5.41) is 3.83. The first-order chi connectivity index (χ1) is 17.5. The third kappa shape index (κ3) is 5.00. The summed E-state index contributed by atoms with van der Waals surface area (Å²) in [4.78, 5) is 29.9. The molecule has 0 atom stereocenters. The van der Waals surface area contributed by atoms with E-state index in [1.54, 1.807) is 30.3 Å². The molecular weight excluding hydrogens is 512 g/mol. The summed E-state index contributed by atoms with van der Waals surface area (Å²) < 4.78 is 27.8. The molecule has 1 aliphatic heterocycles. The van der Waals surface area contributed by atoms with Crippen LogP contribution in [0, 0.1) is 19.3 Å². The quantitative estimate of drug-likeness (QED) is 0.437. The number of benzene rings is 2. The standard InChI is InChI=1S/C27H31ClN4O4S/c1-16-9-17(2)11-20(10-16)37(35,36)25-21-12-18(28)3-4-22(21)31-24(25)26(34)30-19-13-27(14-19)5-7-32(8-6-27)15-23(29)33/h3-4,9-12,19,31H,5-8,13-15H2,1-2H3,(H2,29,33)(H,30,34). The summed E-state index contributed by atoms with van der Waals surface area (Å²) in [6.45, 7) is 5.58. The van der Waals surface area contributed by atoms with E-state index < -0.39 is 15.7 Å². The Kier molecular flexibility index (Phi) is 6.58. The molecule has 0 bridgehead atoms. The van der Waals surface area contributed by atoms with Crippen molar-refractivity contribution in [3.63, 3.8) is 0 Å². The van der Waals surface area contributed by atoms with Gasteiger partial charge in [0.15, 0.2) is 0 Å². The first-order valence-electron chi connectivity index (χ1n) is 12.4. The number of fused-ring (bicyclic) bond motifs is 1. The van der Waals surface area contributed by atoms with Crippen LogP contribution < -0.4 is 11.1 Å². The van der Waals surface area contributed by atoms with E-state index in [0.29, 0.717) is 15.9 Å². The number of piperidine rings is 1. The van der Waals surface area contributed by atoms with Crippen LogP contribution >= 0.6 is 11.6 Å². The van der Waals surface area contributed by atoms with Gasteiger partial charge in [0.1, 0.15) is 10.6 Å². The summed E-state index contributed by atoms with van der Waals surface area (Å²) in [6.07, 6.45) is 3.55. The molecular formula is C27H31ClN4O4S. The van der Waals surface area contributed by atoms with E-state index in [4.69, 9.17) is 17.3 Å². The Hall–Kier alpha value is -2.88. The number of nitrogens with zero attached hydrogens (tertiary/aromatic N) is 1. The van der Waals surface area contributed by atoms with Gasteiger partial charge in [-0.2, -0.15) is 0 Å². The van der Waals surface area contributed by atoms with Gasteiger partial charge in [-0.1, -0.05) is 17.7 Å². The van der Waals surface area contributed by atoms with Crippen molar-refractivity contribution in [3.8, 4) is 0 Å². The fourth-order valence-electron chi connectivity index (χ4n) is 5.94. The number of halogens is 1. The summed E-state index contributed by atoms with van der Waals surface area (Å²) in [5.74, 6) is -0.762. The van der Waals surface area contributed by atoms with Gasteiger partial charge in [0.05, 0.1) is 11.4 Å². The van der Waals surface area contributed by atoms with E-state index in [2.05, 4.69) is 15.2 Å². The average Bonchev–Trinajstić information content (AvgIpc) is 3.18. The highest BCUT2D eigenvalue weighted by Crippen LogP contribution is 2.49. The Balaban J connectivity index is 1.40. The van der Waals surface area contributed by atoms with Crippen molar-refractivity contribution in [2.24, 2.45) is 11.1 Å². The SMILES string of the molecule is Cc1cc(C)cc(S(=O)(=O)c2c(C(=O)NC3CC4(CCN(CC(N)=O)CC4)C3)[nH]c3ccc(Cl)cc23)c1. The predicted octanol–water partition coefficient (Wildman–Crippen LogP) is 3.73. The zero-order chi connectivity index (χ0) is 26.5. The number of aryl methyl sites for hydroxylation is 2. The molecule has 2 amide bonds. The Morgan fingerprint density at radius 3 is 2.38 bits per heavy atom. The molecule has 2 heterocycles. The lowest BCUT2D eigenvalue weighted by Gasteiger charge is -2.52. The van der Waals surface area contributed by atoms with Crippen molar-refractivity contribution < 1.29 is 18.0 Å². The van der Waals surface area contributed by atoms with Gasteiger partial charge < -0.3 is 16.0 Å². The van der Waals surface area contributed by atoms with Gasteiger partial charge in [-0.3, -0.25) is 14.5 Å². The van der Waals surface area contributed by atoms with Crippen LogP contribution in [0.5, 0.6) is 0 Å². The van der Waals surface area contributed by atoms with Crippen LogP contribution in [-0.4, -0.2) is 55.8 Å². The number of nitrogens with two attached hydrogens (primary N) is 1. The zero-order valence-corrected chi connectivity index (χ0v) is 22.5. The maximum absolute atomic E-state index is 13.9. The van der Waals surface area contributed by atoms with E-state index in [0.717, 1.165) is 49.9 Å². The largest absolute Gasteiger partial charge is 0.369 e. The van der Waals surface area contributed by atoms with Crippen LogP contribution in [0.4, 0.5) is 0 Å². The third-order valence-corrected chi connectivity index (χ3v) is 9.76. The second kappa shape index (κ2) is 9.45. The van der Waals surface area contributed by atoms with Crippen LogP contribution in [-0.2, 0) is 14.6 Å². The number of amides is 2. The number of aromatic amines is 1. The van der Waals surface area contributed by atoms with Crippen LogP contribution in [0.25, 0.3) is 10.9 Å². The Morgan fingerprint density at radius 1 is 1.11 bits per heavy atom. The molecule has 1 saturated heterocycles. The molecule has 1 spiro atoms. The topological polar surface area (TPSA) is 125 Å². The lowest BCUT2D eigenvalue weighted by atomic mass is 9.60. The van der Waals surface area contributed by atoms with Crippen molar-refractivity contribution in [1.82, 2.24) is 15.2 Å². The highest BCUT2D eigenvalue weighted by atomic mass is 35.5. The number of H-pyrrole nitrogens is 1. The monoisotopic (exact) mass is 542 g/mol. The lowest BCUT2D eigenvalue weighted by Crippen LogP contribution is -2.55. The Labute approximate surface area is 221 Å². The number of carbonyl (C=O) groups is 2. The van der Waals surface area contributed by atoms with Crippen molar-refractivity contribution in [2.45, 2.75) is 55.4 Å². The smallest absolute Gasteiger partial charge is 0.269 e.